The number of ether oxygens (including phenoxy) is 2. The third-order valence-electron chi connectivity index (χ3n) is 5.65. The summed E-state index contributed by atoms with van der Waals surface area (Å²) in [6.07, 6.45) is 4.18. The van der Waals surface area contributed by atoms with Gasteiger partial charge in [-0.2, -0.15) is 0 Å². The first-order valence-corrected chi connectivity index (χ1v) is 13.4. The Morgan fingerprint density at radius 2 is 1.80 bits per heavy atom. The second-order valence-electron chi connectivity index (χ2n) is 8.75. The first-order valence-electron chi connectivity index (χ1n) is 12.7. The zero-order valence-electron chi connectivity index (χ0n) is 22.3. The number of amides is 2. The van der Waals surface area contributed by atoms with Crippen molar-refractivity contribution in [2.24, 2.45) is 0 Å². The molecule has 0 aliphatic carbocycles. The molecule has 1 aromatic heterocycles. The van der Waals surface area contributed by atoms with Crippen LogP contribution in [0.2, 0.25) is 10.2 Å². The zero-order chi connectivity index (χ0) is 29.6. The molecule has 3 aromatic rings. The minimum Gasteiger partial charge on any atom is -0.489 e. The van der Waals surface area contributed by atoms with Crippen LogP contribution in [0, 0.1) is 0 Å². The van der Waals surface area contributed by atoms with Gasteiger partial charge in [-0.15, -0.1) is 0 Å². The van der Waals surface area contributed by atoms with Crippen LogP contribution in [0.4, 0.5) is 10.6 Å². The molecule has 1 unspecified atom stereocenters. The van der Waals surface area contributed by atoms with Crippen molar-refractivity contribution in [1.82, 2.24) is 20.2 Å². The third-order valence-corrected chi connectivity index (χ3v) is 6.19. The highest BCUT2D eigenvalue weighted by molar-refractivity contribution is 6.30. The van der Waals surface area contributed by atoms with Crippen molar-refractivity contribution in [2.75, 3.05) is 25.1 Å². The summed E-state index contributed by atoms with van der Waals surface area (Å²) in [6, 6.07) is 14.2. The van der Waals surface area contributed by atoms with E-state index in [4.69, 9.17) is 32.7 Å². The predicted molar refractivity (Wildman–Crippen MR) is 160 cm³/mol. The number of nitrogens with one attached hydrogen (secondary N) is 3. The summed E-state index contributed by atoms with van der Waals surface area (Å²) in [6.45, 7) is 7.39. The number of halogens is 2. The summed E-state index contributed by atoms with van der Waals surface area (Å²) in [7, 11) is 0. The molecule has 3 N–H and O–H groups in total. The highest BCUT2D eigenvalue weighted by atomic mass is 35.5. The van der Waals surface area contributed by atoms with E-state index in [-0.39, 0.29) is 43.8 Å². The number of nitrogens with zero attached hydrogens (tertiary/aromatic N) is 2. The van der Waals surface area contributed by atoms with E-state index in [2.05, 4.69) is 34.1 Å². The van der Waals surface area contributed by atoms with Crippen molar-refractivity contribution in [3.05, 3.63) is 112 Å². The van der Waals surface area contributed by atoms with Crippen LogP contribution in [-0.2, 0) is 29.0 Å². The van der Waals surface area contributed by atoms with E-state index in [1.54, 1.807) is 24.3 Å². The quantitative estimate of drug-likeness (QED) is 0.222. The lowest BCUT2D eigenvalue weighted by Gasteiger charge is -2.20. The van der Waals surface area contributed by atoms with Crippen LogP contribution in [-0.4, -0.2) is 47.4 Å². The maximum absolute atomic E-state index is 13.3. The number of hydrogen-bond donors (Lipinski definition) is 3. The first kappa shape index (κ1) is 31.3. The molecule has 0 aliphatic rings. The molecule has 12 heteroatoms. The number of hydrogen-bond acceptors (Lipinski definition) is 7. The number of anilines is 1. The largest absolute Gasteiger partial charge is 0.489 e. The maximum Gasteiger partial charge on any atom is 0.407 e. The average molecular weight is 601 g/mol. The van der Waals surface area contributed by atoms with Gasteiger partial charge < -0.3 is 25.4 Å². The fourth-order valence-electron chi connectivity index (χ4n) is 3.74. The van der Waals surface area contributed by atoms with Crippen molar-refractivity contribution in [2.45, 2.75) is 25.6 Å². The number of rotatable bonds is 15. The van der Waals surface area contributed by atoms with Crippen LogP contribution >= 0.6 is 23.2 Å². The van der Waals surface area contributed by atoms with E-state index >= 15 is 0 Å². The molecular weight excluding hydrogens is 569 g/mol. The van der Waals surface area contributed by atoms with Gasteiger partial charge in [0.1, 0.15) is 30.7 Å². The molecule has 1 heterocycles. The van der Waals surface area contributed by atoms with E-state index in [0.29, 0.717) is 22.8 Å². The normalized spacial score (nSPS) is 11.2. The smallest absolute Gasteiger partial charge is 0.407 e. The van der Waals surface area contributed by atoms with Gasteiger partial charge in [-0.05, 0) is 30.2 Å². The lowest BCUT2D eigenvalue weighted by atomic mass is 10.1. The van der Waals surface area contributed by atoms with Crippen molar-refractivity contribution in [1.29, 1.82) is 0 Å². The van der Waals surface area contributed by atoms with Gasteiger partial charge in [-0.25, -0.2) is 9.78 Å². The molecule has 41 heavy (non-hydrogen) atoms. The van der Waals surface area contributed by atoms with Gasteiger partial charge in [0.2, 0.25) is 5.91 Å². The van der Waals surface area contributed by atoms with E-state index in [1.165, 1.54) is 12.3 Å². The number of carbonyl (C=O) groups is 2. The Bertz CT molecular complexity index is 1410. The summed E-state index contributed by atoms with van der Waals surface area (Å²) < 4.78 is 11.7. The van der Waals surface area contributed by atoms with Gasteiger partial charge in [-0.1, -0.05) is 78.8 Å². The lowest BCUT2D eigenvalue weighted by Crippen LogP contribution is -2.41. The SMILES string of the molecule is C=CCOC(=O)NCC(Cc1ccccc1)Nc1ncc(Cl)n(CC(=O)NCc2cc(Cl)ccc2OCC=C)c1=O. The molecule has 10 nitrogen and oxygen atoms in total. The average Bonchev–Trinajstić information content (AvgIpc) is 2.97. The summed E-state index contributed by atoms with van der Waals surface area (Å²) in [5.41, 5.74) is 1.03. The Labute approximate surface area is 248 Å². The second kappa shape index (κ2) is 16.1. The van der Waals surface area contributed by atoms with Crippen molar-refractivity contribution >= 4 is 41.0 Å². The number of aromatic nitrogens is 2. The van der Waals surface area contributed by atoms with Gasteiger partial charge in [-0.3, -0.25) is 14.2 Å². The molecule has 0 spiro atoms. The molecule has 0 aliphatic heterocycles. The highest BCUT2D eigenvalue weighted by Gasteiger charge is 2.18. The van der Waals surface area contributed by atoms with Gasteiger partial charge in [0, 0.05) is 29.7 Å². The van der Waals surface area contributed by atoms with Gasteiger partial charge in [0.15, 0.2) is 5.82 Å². The van der Waals surface area contributed by atoms with E-state index in [9.17, 15) is 14.4 Å². The Morgan fingerprint density at radius 1 is 1.05 bits per heavy atom. The van der Waals surface area contributed by atoms with Crippen LogP contribution in [0.15, 0.2) is 84.8 Å². The first-order chi connectivity index (χ1) is 19.8. The Kier molecular flexibility index (Phi) is 12.3. The van der Waals surface area contributed by atoms with Gasteiger partial charge >= 0.3 is 6.09 Å². The molecule has 0 saturated heterocycles. The van der Waals surface area contributed by atoms with Crippen LogP contribution in [0.1, 0.15) is 11.1 Å². The molecule has 0 fully saturated rings. The van der Waals surface area contributed by atoms with Gasteiger partial charge in [0.25, 0.3) is 5.56 Å². The molecule has 0 radical (unpaired) electrons. The molecule has 1 atom stereocenters. The maximum atomic E-state index is 13.3. The number of alkyl carbamates (subject to hydrolysis) is 1. The second-order valence-corrected chi connectivity index (χ2v) is 9.57. The van der Waals surface area contributed by atoms with Crippen molar-refractivity contribution < 1.29 is 19.1 Å². The van der Waals surface area contributed by atoms with Crippen LogP contribution in [0.3, 0.4) is 0 Å². The zero-order valence-corrected chi connectivity index (χ0v) is 23.8. The van der Waals surface area contributed by atoms with E-state index < -0.39 is 23.6 Å². The van der Waals surface area contributed by atoms with E-state index in [0.717, 1.165) is 10.1 Å². The van der Waals surface area contributed by atoms with Gasteiger partial charge in [0.05, 0.1) is 6.20 Å². The molecule has 0 saturated carbocycles. The fraction of sp³-hybridized carbons (Fsp3) is 0.241. The summed E-state index contributed by atoms with van der Waals surface area (Å²) in [4.78, 5) is 42.2. The Morgan fingerprint density at radius 3 is 2.54 bits per heavy atom. The molecule has 216 valence electrons. The minimum absolute atomic E-state index is 0.0146. The van der Waals surface area contributed by atoms with Crippen LogP contribution in [0.5, 0.6) is 5.75 Å². The van der Waals surface area contributed by atoms with Crippen LogP contribution < -0.4 is 26.2 Å². The lowest BCUT2D eigenvalue weighted by molar-refractivity contribution is -0.121. The molecular formula is C29H31Cl2N5O5. The Hall–Kier alpha value is -4.28. The topological polar surface area (TPSA) is 124 Å². The summed E-state index contributed by atoms with van der Waals surface area (Å²) >= 11 is 12.4. The predicted octanol–water partition coefficient (Wildman–Crippen LogP) is 4.37. The standard InChI is InChI=1S/C29H31Cl2N5O5/c1-3-12-40-24-11-10-22(30)15-21(24)16-32-26(37)19-36-25(31)18-33-27(28(36)38)35-23(14-20-8-6-5-7-9-20)17-34-29(39)41-13-4-2/h3-11,15,18,23H,1-2,12-14,16-17,19H2,(H,32,37)(H,33,35)(H,34,39). The van der Waals surface area contributed by atoms with E-state index in [1.807, 2.05) is 30.3 Å². The molecule has 2 amide bonds. The third kappa shape index (κ3) is 10.0. The minimum atomic E-state index is -0.624. The Balaban J connectivity index is 1.72. The number of carbonyl (C=O) groups excluding carboxylic acids is 2. The molecule has 0 bridgehead atoms. The fourth-order valence-corrected chi connectivity index (χ4v) is 4.12. The monoisotopic (exact) mass is 599 g/mol. The van der Waals surface area contributed by atoms with Crippen molar-refractivity contribution in [3.63, 3.8) is 0 Å². The van der Waals surface area contributed by atoms with Crippen LogP contribution in [0.25, 0.3) is 0 Å². The molecule has 3 rings (SSSR count). The van der Waals surface area contributed by atoms with Crippen molar-refractivity contribution in [3.8, 4) is 5.75 Å². The summed E-state index contributed by atoms with van der Waals surface area (Å²) in [5, 5.41) is 8.97. The molecule has 2 aromatic carbocycles. The summed E-state index contributed by atoms with van der Waals surface area (Å²) in [5.74, 6) is 0.0549. The number of benzene rings is 2. The highest BCUT2D eigenvalue weighted by Crippen LogP contribution is 2.23.